The SMILES string of the molecule is Cc1cccc2c(=O)[nH]c(COC(=O)[C@H]3C[C@H]3C)nc12. The Labute approximate surface area is 116 Å². The number of carbonyl (C=O) groups is 1. The summed E-state index contributed by atoms with van der Waals surface area (Å²) in [6.07, 6.45) is 0.889. The van der Waals surface area contributed by atoms with Gasteiger partial charge in [-0.05, 0) is 30.9 Å². The van der Waals surface area contributed by atoms with E-state index in [0.29, 0.717) is 22.6 Å². The molecule has 1 N–H and O–H groups in total. The van der Waals surface area contributed by atoms with Crippen LogP contribution in [-0.4, -0.2) is 15.9 Å². The van der Waals surface area contributed by atoms with Gasteiger partial charge < -0.3 is 9.72 Å². The Hall–Kier alpha value is -2.17. The molecule has 20 heavy (non-hydrogen) atoms. The highest BCUT2D eigenvalue weighted by Gasteiger charge is 2.40. The summed E-state index contributed by atoms with van der Waals surface area (Å²) < 4.78 is 5.19. The molecular weight excluding hydrogens is 256 g/mol. The lowest BCUT2D eigenvalue weighted by atomic mass is 10.1. The summed E-state index contributed by atoms with van der Waals surface area (Å²) in [4.78, 5) is 30.7. The van der Waals surface area contributed by atoms with E-state index in [9.17, 15) is 9.59 Å². The minimum Gasteiger partial charge on any atom is -0.457 e. The van der Waals surface area contributed by atoms with Crippen molar-refractivity contribution in [2.45, 2.75) is 26.9 Å². The number of carbonyl (C=O) groups excluding carboxylic acids is 1. The van der Waals surface area contributed by atoms with Gasteiger partial charge in [0, 0.05) is 0 Å². The van der Waals surface area contributed by atoms with Crippen molar-refractivity contribution in [3.05, 3.63) is 39.9 Å². The molecule has 1 saturated carbocycles. The maximum absolute atomic E-state index is 12.0. The molecule has 3 rings (SSSR count). The Bertz CT molecular complexity index is 735. The lowest BCUT2D eigenvalue weighted by molar-refractivity contribution is -0.147. The van der Waals surface area contributed by atoms with Crippen LogP contribution in [0.25, 0.3) is 10.9 Å². The number of aromatic nitrogens is 2. The first-order valence-corrected chi connectivity index (χ1v) is 6.71. The fourth-order valence-electron chi connectivity index (χ4n) is 2.32. The summed E-state index contributed by atoms with van der Waals surface area (Å²) in [7, 11) is 0. The maximum Gasteiger partial charge on any atom is 0.309 e. The minimum atomic E-state index is -0.204. The van der Waals surface area contributed by atoms with Crippen molar-refractivity contribution in [2.24, 2.45) is 11.8 Å². The van der Waals surface area contributed by atoms with Gasteiger partial charge in [-0.1, -0.05) is 19.1 Å². The third-order valence-corrected chi connectivity index (χ3v) is 3.75. The van der Waals surface area contributed by atoms with E-state index in [2.05, 4.69) is 9.97 Å². The van der Waals surface area contributed by atoms with E-state index >= 15 is 0 Å². The van der Waals surface area contributed by atoms with Gasteiger partial charge >= 0.3 is 5.97 Å². The van der Waals surface area contributed by atoms with Crippen molar-refractivity contribution in [3.8, 4) is 0 Å². The Morgan fingerprint density at radius 1 is 1.50 bits per heavy atom. The summed E-state index contributed by atoms with van der Waals surface area (Å²) >= 11 is 0. The molecule has 1 aromatic carbocycles. The molecule has 0 unspecified atom stereocenters. The number of aryl methyl sites for hydroxylation is 1. The first kappa shape index (κ1) is 12.8. The lowest BCUT2D eigenvalue weighted by Gasteiger charge is -2.06. The van der Waals surface area contributed by atoms with Crippen molar-refractivity contribution in [1.82, 2.24) is 9.97 Å². The Morgan fingerprint density at radius 2 is 2.25 bits per heavy atom. The van der Waals surface area contributed by atoms with Crippen LogP contribution in [0.15, 0.2) is 23.0 Å². The van der Waals surface area contributed by atoms with Crippen LogP contribution in [0.4, 0.5) is 0 Å². The average molecular weight is 272 g/mol. The van der Waals surface area contributed by atoms with Crippen LogP contribution in [-0.2, 0) is 16.1 Å². The molecule has 0 saturated heterocycles. The number of benzene rings is 1. The number of para-hydroxylation sites is 1. The quantitative estimate of drug-likeness (QED) is 0.867. The fraction of sp³-hybridized carbons (Fsp3) is 0.400. The van der Waals surface area contributed by atoms with Gasteiger partial charge in [-0.25, -0.2) is 4.98 Å². The molecule has 1 fully saturated rings. The molecule has 5 heteroatoms. The molecule has 0 amide bonds. The van der Waals surface area contributed by atoms with Crippen LogP contribution >= 0.6 is 0 Å². The zero-order valence-electron chi connectivity index (χ0n) is 11.5. The number of hydrogen-bond acceptors (Lipinski definition) is 4. The van der Waals surface area contributed by atoms with E-state index in [1.807, 2.05) is 26.0 Å². The number of hydrogen-bond donors (Lipinski definition) is 1. The van der Waals surface area contributed by atoms with Crippen LogP contribution in [0.3, 0.4) is 0 Å². The number of ether oxygens (including phenoxy) is 1. The molecule has 0 radical (unpaired) electrons. The third-order valence-electron chi connectivity index (χ3n) is 3.75. The largest absolute Gasteiger partial charge is 0.457 e. The Balaban J connectivity index is 1.83. The van der Waals surface area contributed by atoms with Gasteiger partial charge in [-0.3, -0.25) is 9.59 Å². The monoisotopic (exact) mass is 272 g/mol. The zero-order chi connectivity index (χ0) is 14.3. The van der Waals surface area contributed by atoms with Gasteiger partial charge in [0.25, 0.3) is 5.56 Å². The standard InChI is InChI=1S/C15H16N2O3/c1-8-4-3-5-10-13(8)16-12(17-14(10)18)7-20-15(19)11-6-9(11)2/h3-5,9,11H,6-7H2,1-2H3,(H,16,17,18)/t9-,11+/m1/s1. The van der Waals surface area contributed by atoms with E-state index < -0.39 is 0 Å². The van der Waals surface area contributed by atoms with E-state index in [-0.39, 0.29) is 24.1 Å². The predicted octanol–water partition coefficient (Wildman–Crippen LogP) is 1.93. The number of H-pyrrole nitrogens is 1. The van der Waals surface area contributed by atoms with Gasteiger partial charge in [0.15, 0.2) is 0 Å². The molecule has 104 valence electrons. The highest BCUT2D eigenvalue weighted by atomic mass is 16.5. The first-order valence-electron chi connectivity index (χ1n) is 6.71. The third kappa shape index (κ3) is 2.31. The normalized spacial score (nSPS) is 20.9. The smallest absolute Gasteiger partial charge is 0.309 e. The number of aromatic amines is 1. The summed E-state index contributed by atoms with van der Waals surface area (Å²) in [5.41, 5.74) is 1.38. The van der Waals surface area contributed by atoms with E-state index in [4.69, 9.17) is 4.74 Å². The molecule has 1 aliphatic carbocycles. The van der Waals surface area contributed by atoms with Crippen molar-refractivity contribution >= 4 is 16.9 Å². The molecule has 1 heterocycles. The van der Waals surface area contributed by atoms with Crippen molar-refractivity contribution < 1.29 is 9.53 Å². The predicted molar refractivity (Wildman–Crippen MR) is 74.2 cm³/mol. The minimum absolute atomic E-state index is 0.0154. The highest BCUT2D eigenvalue weighted by molar-refractivity contribution is 5.80. The molecule has 1 aliphatic rings. The second-order valence-electron chi connectivity index (χ2n) is 5.41. The topological polar surface area (TPSA) is 72.1 Å². The summed E-state index contributed by atoms with van der Waals surface area (Å²) in [6.45, 7) is 3.93. The van der Waals surface area contributed by atoms with Crippen molar-refractivity contribution in [1.29, 1.82) is 0 Å². The molecule has 1 aromatic heterocycles. The Morgan fingerprint density at radius 3 is 2.95 bits per heavy atom. The fourth-order valence-corrected chi connectivity index (χ4v) is 2.32. The molecule has 2 atom stereocenters. The van der Waals surface area contributed by atoms with Crippen LogP contribution in [0, 0.1) is 18.8 Å². The van der Waals surface area contributed by atoms with Crippen LogP contribution in [0.2, 0.25) is 0 Å². The second kappa shape index (κ2) is 4.74. The number of nitrogens with one attached hydrogen (secondary N) is 1. The summed E-state index contributed by atoms with van der Waals surface area (Å²) in [5, 5.41) is 0.552. The molecule has 0 aliphatic heterocycles. The second-order valence-corrected chi connectivity index (χ2v) is 5.41. The lowest BCUT2D eigenvalue weighted by Crippen LogP contribution is -2.15. The van der Waals surface area contributed by atoms with Gasteiger partial charge in [0.2, 0.25) is 0 Å². The van der Waals surface area contributed by atoms with Crippen molar-refractivity contribution in [3.63, 3.8) is 0 Å². The molecular formula is C15H16N2O3. The van der Waals surface area contributed by atoms with Gasteiger partial charge in [-0.2, -0.15) is 0 Å². The van der Waals surface area contributed by atoms with Crippen LogP contribution in [0.1, 0.15) is 24.7 Å². The highest BCUT2D eigenvalue weighted by Crippen LogP contribution is 2.38. The zero-order valence-corrected chi connectivity index (χ0v) is 11.5. The maximum atomic E-state index is 12.0. The molecule has 0 bridgehead atoms. The number of esters is 1. The molecule has 5 nitrogen and oxygen atoms in total. The van der Waals surface area contributed by atoms with Crippen LogP contribution in [0.5, 0.6) is 0 Å². The van der Waals surface area contributed by atoms with E-state index in [1.54, 1.807) is 6.07 Å². The van der Waals surface area contributed by atoms with Crippen molar-refractivity contribution in [2.75, 3.05) is 0 Å². The van der Waals surface area contributed by atoms with Gasteiger partial charge in [0.05, 0.1) is 16.8 Å². The summed E-state index contributed by atoms with van der Waals surface area (Å²) in [5.74, 6) is 0.612. The van der Waals surface area contributed by atoms with E-state index in [0.717, 1.165) is 12.0 Å². The number of fused-ring (bicyclic) bond motifs is 1. The van der Waals surface area contributed by atoms with E-state index in [1.165, 1.54) is 0 Å². The summed E-state index contributed by atoms with van der Waals surface area (Å²) in [6, 6.07) is 5.45. The molecule has 0 spiro atoms. The average Bonchev–Trinajstić information content (AvgIpc) is 3.14. The molecule has 2 aromatic rings. The van der Waals surface area contributed by atoms with Gasteiger partial charge in [-0.15, -0.1) is 0 Å². The van der Waals surface area contributed by atoms with Gasteiger partial charge in [0.1, 0.15) is 12.4 Å². The Kier molecular flexibility index (Phi) is 3.04. The number of rotatable bonds is 3. The first-order chi connectivity index (χ1) is 9.56. The number of nitrogens with zero attached hydrogens (tertiary/aromatic N) is 1. The van der Waals surface area contributed by atoms with Crippen LogP contribution < -0.4 is 5.56 Å².